The van der Waals surface area contributed by atoms with E-state index in [1.165, 1.54) is 77.0 Å². The number of aliphatic carboxylic acids is 1. The van der Waals surface area contributed by atoms with Crippen LogP contribution in [-0.4, -0.2) is 29.9 Å². The maximum absolute atomic E-state index is 10.1. The summed E-state index contributed by atoms with van der Waals surface area (Å²) in [6.07, 6.45) is 22.0. The Hall–Kier alpha value is 0.1000. The zero-order valence-electron chi connectivity index (χ0n) is 17.4. The van der Waals surface area contributed by atoms with Crippen molar-refractivity contribution in [2.75, 3.05) is 6.54 Å². The number of rotatable bonds is 15. The molecule has 0 unspecified atom stereocenters. The van der Waals surface area contributed by atoms with E-state index in [9.17, 15) is 9.59 Å². The summed E-state index contributed by atoms with van der Waals surface area (Å²) < 4.78 is 0. The Kier molecular flexibility index (Phi) is 25.2. The molecule has 0 spiro atoms. The maximum atomic E-state index is 10.1. The van der Waals surface area contributed by atoms with Crippen LogP contribution in [0.1, 0.15) is 110 Å². The van der Waals surface area contributed by atoms with Crippen LogP contribution in [0.5, 0.6) is 0 Å². The van der Waals surface area contributed by atoms with E-state index in [4.69, 9.17) is 5.11 Å². The molecule has 1 aliphatic rings. The summed E-state index contributed by atoms with van der Waals surface area (Å²) in [5.74, 6) is -0.720. The Morgan fingerprint density at radius 2 is 1.38 bits per heavy atom. The largest absolute Gasteiger partial charge is 1.00 e. The molecule has 1 saturated heterocycles. The molecule has 1 atom stereocenters. The van der Waals surface area contributed by atoms with Crippen molar-refractivity contribution in [3.63, 3.8) is 0 Å². The third kappa shape index (κ3) is 20.4. The van der Waals surface area contributed by atoms with E-state index < -0.39 is 5.97 Å². The summed E-state index contributed by atoms with van der Waals surface area (Å²) >= 11 is 0. The zero-order chi connectivity index (χ0) is 18.6. The molecule has 0 bridgehead atoms. The molecular formula is C21H40NNaO3. The van der Waals surface area contributed by atoms with Crippen LogP contribution < -0.4 is 34.9 Å². The summed E-state index contributed by atoms with van der Waals surface area (Å²) in [7, 11) is 0. The SMILES string of the molecule is CCCCCCCCCCCCCCC[C-]=O.O=C(O)[C@@H]1CCCN1.[Na+]. The Balaban J connectivity index is 0. The van der Waals surface area contributed by atoms with E-state index >= 15 is 0 Å². The Bertz CT molecular complexity index is 308. The van der Waals surface area contributed by atoms with E-state index in [2.05, 4.69) is 12.2 Å². The second kappa shape index (κ2) is 23.1. The van der Waals surface area contributed by atoms with Gasteiger partial charge in [-0.3, -0.25) is 11.1 Å². The molecule has 1 aliphatic heterocycles. The normalized spacial score (nSPS) is 15.7. The van der Waals surface area contributed by atoms with E-state index in [1.54, 1.807) is 0 Å². The van der Waals surface area contributed by atoms with Crippen molar-refractivity contribution in [2.24, 2.45) is 0 Å². The maximum Gasteiger partial charge on any atom is 1.00 e. The quantitative estimate of drug-likeness (QED) is 0.261. The van der Waals surface area contributed by atoms with Crippen LogP contribution in [-0.2, 0) is 9.59 Å². The van der Waals surface area contributed by atoms with Gasteiger partial charge in [0.15, 0.2) is 0 Å². The molecule has 0 aromatic rings. The topological polar surface area (TPSA) is 66.4 Å². The van der Waals surface area contributed by atoms with Crippen molar-refractivity contribution in [3.05, 3.63) is 0 Å². The Morgan fingerprint density at radius 1 is 0.923 bits per heavy atom. The first-order valence-corrected chi connectivity index (χ1v) is 10.5. The van der Waals surface area contributed by atoms with Crippen molar-refractivity contribution in [2.45, 2.75) is 116 Å². The fraction of sp³-hybridized carbons (Fsp3) is 0.905. The smallest absolute Gasteiger partial charge is 0.542 e. The van der Waals surface area contributed by atoms with Crippen LogP contribution in [0.3, 0.4) is 0 Å². The van der Waals surface area contributed by atoms with Crippen LogP contribution in [0.25, 0.3) is 0 Å². The minimum absolute atomic E-state index is 0. The summed E-state index contributed by atoms with van der Waals surface area (Å²) in [5, 5.41) is 11.2. The number of unbranched alkanes of at least 4 members (excludes halogenated alkanes) is 13. The predicted octanol–water partition coefficient (Wildman–Crippen LogP) is 2.40. The van der Waals surface area contributed by atoms with Gasteiger partial charge in [0.1, 0.15) is 6.04 Å². The van der Waals surface area contributed by atoms with Gasteiger partial charge in [-0.25, -0.2) is 0 Å². The molecule has 0 aromatic carbocycles. The second-order valence-electron chi connectivity index (χ2n) is 7.12. The minimum Gasteiger partial charge on any atom is -0.542 e. The van der Waals surface area contributed by atoms with Crippen LogP contribution in [0, 0.1) is 0 Å². The van der Waals surface area contributed by atoms with E-state index in [0.717, 1.165) is 25.8 Å². The summed E-state index contributed by atoms with van der Waals surface area (Å²) in [5.41, 5.74) is 0. The number of nitrogens with one attached hydrogen (secondary N) is 1. The fourth-order valence-corrected chi connectivity index (χ4v) is 3.11. The zero-order valence-corrected chi connectivity index (χ0v) is 19.4. The van der Waals surface area contributed by atoms with Gasteiger partial charge in [0.2, 0.25) is 0 Å². The van der Waals surface area contributed by atoms with Gasteiger partial charge in [0, 0.05) is 0 Å². The molecule has 0 radical (unpaired) electrons. The molecular weight excluding hydrogens is 337 g/mol. The van der Waals surface area contributed by atoms with Gasteiger partial charge in [-0.05, 0) is 19.4 Å². The molecule has 2 N–H and O–H groups in total. The van der Waals surface area contributed by atoms with E-state index in [-0.39, 0.29) is 35.6 Å². The van der Waals surface area contributed by atoms with Gasteiger partial charge in [0.25, 0.3) is 0 Å². The molecule has 0 saturated carbocycles. The molecule has 5 heteroatoms. The fourth-order valence-electron chi connectivity index (χ4n) is 3.11. The van der Waals surface area contributed by atoms with E-state index in [0.29, 0.717) is 6.42 Å². The van der Waals surface area contributed by atoms with Gasteiger partial charge in [0.05, 0.1) is 0 Å². The van der Waals surface area contributed by atoms with Crippen LogP contribution >= 0.6 is 0 Å². The van der Waals surface area contributed by atoms with Gasteiger partial charge < -0.3 is 15.2 Å². The number of carboxylic acid groups (broad SMARTS) is 1. The monoisotopic (exact) mass is 377 g/mol. The molecule has 0 amide bonds. The molecule has 4 nitrogen and oxygen atoms in total. The average Bonchev–Trinajstić information content (AvgIpc) is 3.15. The van der Waals surface area contributed by atoms with Crippen molar-refractivity contribution in [3.8, 4) is 0 Å². The van der Waals surface area contributed by atoms with Crippen molar-refractivity contribution < 1.29 is 44.3 Å². The van der Waals surface area contributed by atoms with Gasteiger partial charge in [-0.15, -0.1) is 0 Å². The number of hydrogen-bond donors (Lipinski definition) is 2. The second-order valence-corrected chi connectivity index (χ2v) is 7.12. The molecule has 0 aromatic heterocycles. The Morgan fingerprint density at radius 3 is 1.69 bits per heavy atom. The first kappa shape index (κ1) is 28.3. The first-order valence-electron chi connectivity index (χ1n) is 10.5. The average molecular weight is 378 g/mol. The van der Waals surface area contributed by atoms with Crippen LogP contribution in [0.4, 0.5) is 0 Å². The Labute approximate surface area is 183 Å². The van der Waals surface area contributed by atoms with Gasteiger partial charge >= 0.3 is 35.5 Å². The van der Waals surface area contributed by atoms with Crippen molar-refractivity contribution in [1.82, 2.24) is 5.32 Å². The van der Waals surface area contributed by atoms with Crippen molar-refractivity contribution in [1.29, 1.82) is 0 Å². The minimum atomic E-state index is -0.720. The molecule has 1 rings (SSSR count). The summed E-state index contributed by atoms with van der Waals surface area (Å²) in [6.45, 7) is 3.13. The molecule has 1 fully saturated rings. The summed E-state index contributed by atoms with van der Waals surface area (Å²) in [6, 6.07) is -0.269. The number of carbonyl (C=O) groups excluding carboxylic acids is 1. The molecule has 148 valence electrons. The predicted molar refractivity (Wildman–Crippen MR) is 105 cm³/mol. The van der Waals surface area contributed by atoms with Crippen LogP contribution in [0.15, 0.2) is 0 Å². The number of hydrogen-bond acceptors (Lipinski definition) is 3. The van der Waals surface area contributed by atoms with E-state index in [1.807, 2.05) is 6.29 Å². The first-order chi connectivity index (χ1) is 12.2. The van der Waals surface area contributed by atoms with Crippen LogP contribution in [0.2, 0.25) is 0 Å². The third-order valence-corrected chi connectivity index (χ3v) is 4.74. The van der Waals surface area contributed by atoms with Gasteiger partial charge in [-0.1, -0.05) is 90.4 Å². The number of carbonyl (C=O) groups is 1. The molecule has 1 heterocycles. The van der Waals surface area contributed by atoms with Crippen molar-refractivity contribution >= 4 is 12.3 Å². The van der Waals surface area contributed by atoms with Gasteiger partial charge in [-0.2, -0.15) is 6.42 Å². The number of carboxylic acids is 1. The molecule has 0 aliphatic carbocycles. The molecule has 26 heavy (non-hydrogen) atoms. The third-order valence-electron chi connectivity index (χ3n) is 4.74. The summed E-state index contributed by atoms with van der Waals surface area (Å²) in [4.78, 5) is 20.1. The standard InChI is InChI=1S/C16H31O.C5H9NO2.Na/c1-2-3-4-5-6-7-8-9-10-11-12-13-14-15-16-17;7-5(8)4-2-1-3-6-4;/h2-15H2,1H3;4,6H,1-3H2,(H,7,8);/q-1;;+1/t;4-;/m.0./s1.